The molecular formula is C18H25N3O4. The molecule has 0 aromatic heterocycles. The van der Waals surface area contributed by atoms with E-state index in [0.29, 0.717) is 6.42 Å². The lowest BCUT2D eigenvalue weighted by Gasteiger charge is -2.23. The number of nitrogens with one attached hydrogen (secondary N) is 1. The van der Waals surface area contributed by atoms with Gasteiger partial charge in [-0.2, -0.15) is 0 Å². The molecule has 2 unspecified atom stereocenters. The summed E-state index contributed by atoms with van der Waals surface area (Å²) in [5.41, 5.74) is 1.79. The van der Waals surface area contributed by atoms with E-state index in [1.54, 1.807) is 18.9 Å². The van der Waals surface area contributed by atoms with Crippen molar-refractivity contribution in [1.82, 2.24) is 10.2 Å². The van der Waals surface area contributed by atoms with Gasteiger partial charge in [0.05, 0.1) is 12.0 Å². The van der Waals surface area contributed by atoms with Crippen LogP contribution in [0.15, 0.2) is 24.3 Å². The molecule has 2 rings (SSSR count). The van der Waals surface area contributed by atoms with Gasteiger partial charge in [0.2, 0.25) is 5.91 Å². The molecule has 2 N–H and O–H groups in total. The number of hydrogen-bond donors (Lipinski definition) is 2. The number of carboxylic acid groups (broad SMARTS) is 1. The summed E-state index contributed by atoms with van der Waals surface area (Å²) in [7, 11) is 1.57. The van der Waals surface area contributed by atoms with Crippen molar-refractivity contribution in [3.05, 3.63) is 29.8 Å². The van der Waals surface area contributed by atoms with Gasteiger partial charge in [0.25, 0.3) is 0 Å². The first-order chi connectivity index (χ1) is 11.8. The number of carboxylic acids is 1. The van der Waals surface area contributed by atoms with E-state index in [2.05, 4.69) is 5.32 Å². The Kier molecular flexibility index (Phi) is 6.01. The molecule has 7 heteroatoms. The van der Waals surface area contributed by atoms with E-state index in [0.717, 1.165) is 24.2 Å². The standard InChI is InChI=1S/C18H25N3O4/c1-12(17(23)24)11-20(3)18(25)19-13(2)14-6-8-15(9-7-14)21-10-4-5-16(21)22/h6-9,12-13H,4-5,10-11H2,1-3H3,(H,19,25)(H,23,24). The van der Waals surface area contributed by atoms with Crippen LogP contribution in [0.1, 0.15) is 38.3 Å². The molecule has 136 valence electrons. The summed E-state index contributed by atoms with van der Waals surface area (Å²) in [5, 5.41) is 11.8. The molecular weight excluding hydrogens is 322 g/mol. The Balaban J connectivity index is 1.93. The molecule has 1 fully saturated rings. The molecule has 1 aliphatic heterocycles. The highest BCUT2D eigenvalue weighted by molar-refractivity contribution is 5.95. The molecule has 1 heterocycles. The quantitative estimate of drug-likeness (QED) is 0.826. The van der Waals surface area contributed by atoms with Crippen molar-refractivity contribution in [2.45, 2.75) is 32.7 Å². The average molecular weight is 347 g/mol. The number of carbonyl (C=O) groups is 3. The fraction of sp³-hybridized carbons (Fsp3) is 0.500. The Morgan fingerprint density at radius 3 is 2.44 bits per heavy atom. The third kappa shape index (κ3) is 4.71. The van der Waals surface area contributed by atoms with E-state index < -0.39 is 11.9 Å². The molecule has 0 aliphatic carbocycles. The molecule has 0 radical (unpaired) electrons. The molecule has 0 spiro atoms. The van der Waals surface area contributed by atoms with Crippen LogP contribution < -0.4 is 10.2 Å². The van der Waals surface area contributed by atoms with Gasteiger partial charge in [-0.05, 0) is 31.0 Å². The van der Waals surface area contributed by atoms with Gasteiger partial charge >= 0.3 is 12.0 Å². The normalized spacial score (nSPS) is 16.4. The average Bonchev–Trinajstić information content (AvgIpc) is 3.00. The predicted octanol–water partition coefficient (Wildman–Crippen LogP) is 2.24. The number of benzene rings is 1. The SMILES string of the molecule is CC(CN(C)C(=O)NC(C)c1ccc(N2CCCC2=O)cc1)C(=O)O. The molecule has 0 bridgehead atoms. The van der Waals surface area contributed by atoms with Gasteiger partial charge in [-0.15, -0.1) is 0 Å². The van der Waals surface area contributed by atoms with Gasteiger partial charge in [-0.25, -0.2) is 4.79 Å². The summed E-state index contributed by atoms with van der Waals surface area (Å²) >= 11 is 0. The van der Waals surface area contributed by atoms with Gasteiger partial charge in [0.15, 0.2) is 0 Å². The van der Waals surface area contributed by atoms with Crippen molar-refractivity contribution in [3.63, 3.8) is 0 Å². The van der Waals surface area contributed by atoms with E-state index in [9.17, 15) is 14.4 Å². The summed E-state index contributed by atoms with van der Waals surface area (Å²) < 4.78 is 0. The van der Waals surface area contributed by atoms with Crippen molar-refractivity contribution in [2.75, 3.05) is 25.0 Å². The van der Waals surface area contributed by atoms with Crippen molar-refractivity contribution >= 4 is 23.6 Å². The summed E-state index contributed by atoms with van der Waals surface area (Å²) in [6.07, 6.45) is 1.48. The van der Waals surface area contributed by atoms with Gasteiger partial charge in [-0.3, -0.25) is 9.59 Å². The first kappa shape index (κ1) is 18.8. The lowest BCUT2D eigenvalue weighted by atomic mass is 10.1. The van der Waals surface area contributed by atoms with E-state index >= 15 is 0 Å². The van der Waals surface area contributed by atoms with Crippen LogP contribution in [0.25, 0.3) is 0 Å². The number of amides is 3. The molecule has 7 nitrogen and oxygen atoms in total. The lowest BCUT2D eigenvalue weighted by Crippen LogP contribution is -2.41. The lowest BCUT2D eigenvalue weighted by molar-refractivity contribution is -0.141. The Labute approximate surface area is 147 Å². The van der Waals surface area contributed by atoms with Crippen LogP contribution >= 0.6 is 0 Å². The summed E-state index contributed by atoms with van der Waals surface area (Å²) in [6, 6.07) is 7.02. The van der Waals surface area contributed by atoms with Crippen molar-refractivity contribution in [1.29, 1.82) is 0 Å². The van der Waals surface area contributed by atoms with Crippen molar-refractivity contribution in [3.8, 4) is 0 Å². The molecule has 0 saturated carbocycles. The summed E-state index contributed by atoms with van der Waals surface area (Å²) in [6.45, 7) is 4.32. The largest absolute Gasteiger partial charge is 0.481 e. The second-order valence-electron chi connectivity index (χ2n) is 6.53. The number of anilines is 1. The number of urea groups is 1. The highest BCUT2D eigenvalue weighted by Crippen LogP contribution is 2.23. The third-order valence-electron chi connectivity index (χ3n) is 4.43. The minimum absolute atomic E-state index is 0.142. The molecule has 1 aromatic carbocycles. The molecule has 1 aliphatic rings. The van der Waals surface area contributed by atoms with Crippen LogP contribution in [0.5, 0.6) is 0 Å². The van der Waals surface area contributed by atoms with Crippen molar-refractivity contribution in [2.24, 2.45) is 5.92 Å². The smallest absolute Gasteiger partial charge is 0.317 e. The second kappa shape index (κ2) is 8.00. The maximum absolute atomic E-state index is 12.2. The Bertz CT molecular complexity index is 644. The Morgan fingerprint density at radius 1 is 1.28 bits per heavy atom. The third-order valence-corrected chi connectivity index (χ3v) is 4.43. The van der Waals surface area contributed by atoms with Crippen LogP contribution in [-0.4, -0.2) is 48.1 Å². The van der Waals surface area contributed by atoms with Gasteiger partial charge in [0, 0.05) is 32.2 Å². The fourth-order valence-electron chi connectivity index (χ4n) is 2.81. The van der Waals surface area contributed by atoms with Crippen LogP contribution in [-0.2, 0) is 9.59 Å². The summed E-state index contributed by atoms with van der Waals surface area (Å²) in [4.78, 5) is 38.0. The first-order valence-corrected chi connectivity index (χ1v) is 8.44. The highest BCUT2D eigenvalue weighted by atomic mass is 16.4. The molecule has 1 aromatic rings. The zero-order valence-electron chi connectivity index (χ0n) is 14.9. The van der Waals surface area contributed by atoms with Gasteiger partial charge in [-0.1, -0.05) is 19.1 Å². The minimum Gasteiger partial charge on any atom is -0.481 e. The zero-order chi connectivity index (χ0) is 18.6. The highest BCUT2D eigenvalue weighted by Gasteiger charge is 2.22. The molecule has 1 saturated heterocycles. The topological polar surface area (TPSA) is 90.0 Å². The second-order valence-corrected chi connectivity index (χ2v) is 6.53. The molecule has 25 heavy (non-hydrogen) atoms. The van der Waals surface area contributed by atoms with Crippen molar-refractivity contribution < 1.29 is 19.5 Å². The van der Waals surface area contributed by atoms with E-state index in [4.69, 9.17) is 5.11 Å². The minimum atomic E-state index is -0.931. The fourth-order valence-corrected chi connectivity index (χ4v) is 2.81. The number of nitrogens with zero attached hydrogens (tertiary/aromatic N) is 2. The molecule has 2 atom stereocenters. The van der Waals surface area contributed by atoms with E-state index in [1.807, 2.05) is 31.2 Å². The van der Waals surface area contributed by atoms with Crippen LogP contribution in [0.4, 0.5) is 10.5 Å². The van der Waals surface area contributed by atoms with Gasteiger partial charge in [0.1, 0.15) is 0 Å². The monoisotopic (exact) mass is 347 g/mol. The van der Waals surface area contributed by atoms with Crippen LogP contribution in [0, 0.1) is 5.92 Å². The Morgan fingerprint density at radius 2 is 1.92 bits per heavy atom. The number of hydrogen-bond acceptors (Lipinski definition) is 3. The van der Waals surface area contributed by atoms with Crippen LogP contribution in [0.3, 0.4) is 0 Å². The van der Waals surface area contributed by atoms with Crippen LogP contribution in [0.2, 0.25) is 0 Å². The number of aliphatic carboxylic acids is 1. The van der Waals surface area contributed by atoms with E-state index in [1.165, 1.54) is 4.90 Å². The Hall–Kier alpha value is -2.57. The first-order valence-electron chi connectivity index (χ1n) is 8.44. The van der Waals surface area contributed by atoms with E-state index in [-0.39, 0.29) is 24.5 Å². The predicted molar refractivity (Wildman–Crippen MR) is 94.4 cm³/mol. The summed E-state index contributed by atoms with van der Waals surface area (Å²) in [5.74, 6) is -1.41. The number of carbonyl (C=O) groups excluding carboxylic acids is 2. The van der Waals surface area contributed by atoms with Gasteiger partial charge < -0.3 is 20.2 Å². The zero-order valence-corrected chi connectivity index (χ0v) is 14.9. The maximum atomic E-state index is 12.2. The number of rotatable bonds is 6. The molecule has 3 amide bonds. The maximum Gasteiger partial charge on any atom is 0.317 e.